The quantitative estimate of drug-likeness (QED) is 0.908. The van der Waals surface area contributed by atoms with Crippen LogP contribution in [0.3, 0.4) is 0 Å². The van der Waals surface area contributed by atoms with Gasteiger partial charge in [-0.25, -0.2) is 4.79 Å². The molecule has 3 atom stereocenters. The minimum Gasteiger partial charge on any atom is -0.496 e. The van der Waals surface area contributed by atoms with Crippen LogP contribution in [0.15, 0.2) is 36.7 Å². The number of hydrogen-bond acceptors (Lipinski definition) is 4. The van der Waals surface area contributed by atoms with Gasteiger partial charge in [-0.15, -0.1) is 0 Å². The van der Waals surface area contributed by atoms with E-state index in [4.69, 9.17) is 4.74 Å². The molecule has 1 aliphatic carbocycles. The third-order valence-corrected chi connectivity index (χ3v) is 4.88. The SMILES string of the molecule is COc1ccccc1-c1cnn(C(=O)NC2CC3CC2CN3)c1. The van der Waals surface area contributed by atoms with Gasteiger partial charge in [-0.05, 0) is 24.8 Å². The summed E-state index contributed by atoms with van der Waals surface area (Å²) >= 11 is 0. The standard InChI is InChI=1S/C17H20N4O2/c1-23-16-5-3-2-4-14(16)12-9-19-21(10-12)17(22)20-15-7-13-6-11(15)8-18-13/h2-5,9-11,13,15,18H,6-8H2,1H3,(H,20,22). The van der Waals surface area contributed by atoms with Crippen LogP contribution in [0.5, 0.6) is 5.75 Å². The Morgan fingerprint density at radius 1 is 1.39 bits per heavy atom. The van der Waals surface area contributed by atoms with E-state index in [9.17, 15) is 4.79 Å². The topological polar surface area (TPSA) is 68.2 Å². The minimum atomic E-state index is -0.163. The van der Waals surface area contributed by atoms with E-state index in [2.05, 4.69) is 15.7 Å². The largest absolute Gasteiger partial charge is 0.496 e. The number of hydrogen-bond donors (Lipinski definition) is 2. The Balaban J connectivity index is 1.50. The Morgan fingerprint density at radius 3 is 3.00 bits per heavy atom. The highest BCUT2D eigenvalue weighted by Gasteiger charge is 2.40. The van der Waals surface area contributed by atoms with Crippen LogP contribution in [0.25, 0.3) is 11.1 Å². The predicted octanol–water partition coefficient (Wildman–Crippen LogP) is 1.87. The summed E-state index contributed by atoms with van der Waals surface area (Å²) in [5.74, 6) is 1.32. The molecule has 1 aromatic carbocycles. The lowest BCUT2D eigenvalue weighted by Crippen LogP contribution is -2.45. The van der Waals surface area contributed by atoms with Gasteiger partial charge >= 0.3 is 6.03 Å². The van der Waals surface area contributed by atoms with Crippen molar-refractivity contribution < 1.29 is 9.53 Å². The van der Waals surface area contributed by atoms with Crippen molar-refractivity contribution in [2.75, 3.05) is 13.7 Å². The van der Waals surface area contributed by atoms with Crippen LogP contribution >= 0.6 is 0 Å². The molecule has 6 nitrogen and oxygen atoms in total. The van der Waals surface area contributed by atoms with Gasteiger partial charge in [0.2, 0.25) is 0 Å². The molecule has 2 aromatic rings. The zero-order valence-corrected chi connectivity index (χ0v) is 13.0. The lowest BCUT2D eigenvalue weighted by Gasteiger charge is -2.23. The van der Waals surface area contributed by atoms with E-state index in [1.165, 1.54) is 4.68 Å². The fraction of sp³-hybridized carbons (Fsp3) is 0.412. The molecule has 6 heteroatoms. The monoisotopic (exact) mass is 312 g/mol. The van der Waals surface area contributed by atoms with Crippen LogP contribution in [0, 0.1) is 5.92 Å². The molecule has 1 saturated carbocycles. The first kappa shape index (κ1) is 14.3. The molecule has 2 fully saturated rings. The van der Waals surface area contributed by atoms with E-state index in [1.54, 1.807) is 19.5 Å². The first-order chi connectivity index (χ1) is 11.2. The van der Waals surface area contributed by atoms with Gasteiger partial charge in [0, 0.05) is 36.0 Å². The summed E-state index contributed by atoms with van der Waals surface area (Å²) in [5.41, 5.74) is 1.80. The Hall–Kier alpha value is -2.34. The van der Waals surface area contributed by atoms with E-state index < -0.39 is 0 Å². The zero-order chi connectivity index (χ0) is 15.8. The minimum absolute atomic E-state index is 0.163. The van der Waals surface area contributed by atoms with Crippen molar-refractivity contribution in [3.63, 3.8) is 0 Å². The van der Waals surface area contributed by atoms with E-state index in [0.717, 1.165) is 36.3 Å². The second-order valence-electron chi connectivity index (χ2n) is 6.27. The predicted molar refractivity (Wildman–Crippen MR) is 86.4 cm³/mol. The third-order valence-electron chi connectivity index (χ3n) is 4.88. The Kier molecular flexibility index (Phi) is 3.53. The number of fused-ring (bicyclic) bond motifs is 2. The fourth-order valence-electron chi connectivity index (χ4n) is 3.69. The van der Waals surface area contributed by atoms with Gasteiger partial charge in [-0.3, -0.25) is 0 Å². The molecule has 23 heavy (non-hydrogen) atoms. The molecule has 0 radical (unpaired) electrons. The molecule has 3 unspecified atom stereocenters. The molecule has 120 valence electrons. The molecule has 0 spiro atoms. The van der Waals surface area contributed by atoms with Gasteiger partial charge in [-0.1, -0.05) is 18.2 Å². The number of amides is 1. The summed E-state index contributed by atoms with van der Waals surface area (Å²) in [6, 6.07) is 8.37. The highest BCUT2D eigenvalue weighted by Crippen LogP contribution is 2.31. The van der Waals surface area contributed by atoms with Gasteiger partial charge < -0.3 is 15.4 Å². The normalized spacial score (nSPS) is 25.5. The highest BCUT2D eigenvalue weighted by molar-refractivity contribution is 5.78. The first-order valence-corrected chi connectivity index (χ1v) is 7.97. The summed E-state index contributed by atoms with van der Waals surface area (Å²) in [5, 5.41) is 10.8. The van der Waals surface area contributed by atoms with E-state index in [-0.39, 0.29) is 12.1 Å². The maximum Gasteiger partial charge on any atom is 0.342 e. The van der Waals surface area contributed by atoms with Crippen molar-refractivity contribution in [2.24, 2.45) is 5.92 Å². The highest BCUT2D eigenvalue weighted by atomic mass is 16.5. The molecule has 1 saturated heterocycles. The van der Waals surface area contributed by atoms with Crippen molar-refractivity contribution in [1.29, 1.82) is 0 Å². The van der Waals surface area contributed by atoms with E-state index in [1.807, 2.05) is 24.3 Å². The fourth-order valence-corrected chi connectivity index (χ4v) is 3.69. The number of nitrogens with zero attached hydrogens (tertiary/aromatic N) is 2. The molecular weight excluding hydrogens is 292 g/mol. The van der Waals surface area contributed by atoms with Crippen LogP contribution in [-0.4, -0.2) is 41.5 Å². The van der Waals surface area contributed by atoms with Crippen LogP contribution < -0.4 is 15.4 Å². The van der Waals surface area contributed by atoms with Crippen LogP contribution in [-0.2, 0) is 0 Å². The first-order valence-electron chi connectivity index (χ1n) is 7.97. The molecule has 2 heterocycles. The van der Waals surface area contributed by atoms with Gasteiger partial charge in [0.25, 0.3) is 0 Å². The number of nitrogens with one attached hydrogen (secondary N) is 2. The summed E-state index contributed by atoms with van der Waals surface area (Å²) in [6.07, 6.45) is 5.62. The van der Waals surface area contributed by atoms with Crippen LogP contribution in [0.1, 0.15) is 12.8 Å². The number of aromatic nitrogens is 2. The average molecular weight is 312 g/mol. The van der Waals surface area contributed by atoms with Gasteiger partial charge in [0.1, 0.15) is 5.75 Å². The molecule has 1 aromatic heterocycles. The average Bonchev–Trinajstić information content (AvgIpc) is 3.31. The van der Waals surface area contributed by atoms with Crippen molar-refractivity contribution in [1.82, 2.24) is 20.4 Å². The summed E-state index contributed by atoms with van der Waals surface area (Å²) < 4.78 is 6.74. The number of carbonyl (C=O) groups is 1. The number of carbonyl (C=O) groups excluding carboxylic acids is 1. The Labute approximate surface area is 134 Å². The Morgan fingerprint density at radius 2 is 2.26 bits per heavy atom. The molecule has 1 aliphatic heterocycles. The second kappa shape index (κ2) is 5.70. The maximum atomic E-state index is 12.4. The van der Waals surface area contributed by atoms with Crippen molar-refractivity contribution in [3.8, 4) is 16.9 Å². The molecule has 4 rings (SSSR count). The van der Waals surface area contributed by atoms with Crippen molar-refractivity contribution >= 4 is 6.03 Å². The molecule has 1 amide bonds. The van der Waals surface area contributed by atoms with Gasteiger partial charge in [0.05, 0.1) is 13.3 Å². The zero-order valence-electron chi connectivity index (χ0n) is 13.0. The van der Waals surface area contributed by atoms with E-state index in [0.29, 0.717) is 12.0 Å². The molecule has 2 aliphatic rings. The number of benzene rings is 1. The van der Waals surface area contributed by atoms with Crippen LogP contribution in [0.4, 0.5) is 4.79 Å². The Bertz CT molecular complexity index is 727. The van der Waals surface area contributed by atoms with Crippen molar-refractivity contribution in [3.05, 3.63) is 36.7 Å². The smallest absolute Gasteiger partial charge is 0.342 e. The number of ether oxygens (including phenoxy) is 1. The third kappa shape index (κ3) is 2.59. The number of para-hydroxylation sites is 1. The van der Waals surface area contributed by atoms with E-state index >= 15 is 0 Å². The lowest BCUT2D eigenvalue weighted by molar-refractivity contribution is 0.230. The van der Waals surface area contributed by atoms with Gasteiger partial charge in [0.15, 0.2) is 0 Å². The summed E-state index contributed by atoms with van der Waals surface area (Å²) in [4.78, 5) is 12.4. The maximum absolute atomic E-state index is 12.4. The molecule has 2 N–H and O–H groups in total. The second-order valence-corrected chi connectivity index (χ2v) is 6.27. The lowest BCUT2D eigenvalue weighted by atomic mass is 10.0. The summed E-state index contributed by atoms with van der Waals surface area (Å²) in [6.45, 7) is 1.00. The van der Waals surface area contributed by atoms with Crippen LogP contribution in [0.2, 0.25) is 0 Å². The number of piperidine rings is 1. The van der Waals surface area contributed by atoms with Crippen molar-refractivity contribution in [2.45, 2.75) is 24.9 Å². The number of rotatable bonds is 3. The number of methoxy groups -OCH3 is 1. The summed E-state index contributed by atoms with van der Waals surface area (Å²) in [7, 11) is 1.64. The molecule has 2 bridgehead atoms. The molecular formula is C17H20N4O2. The van der Waals surface area contributed by atoms with Gasteiger partial charge in [-0.2, -0.15) is 9.78 Å².